The highest BCUT2D eigenvalue weighted by Crippen LogP contribution is 2.33. The first-order valence-electron chi connectivity index (χ1n) is 10.3. The summed E-state index contributed by atoms with van der Waals surface area (Å²) in [6.45, 7) is 4.01. The molecule has 3 aromatic carbocycles. The zero-order valence-corrected chi connectivity index (χ0v) is 17.9. The van der Waals surface area contributed by atoms with Crippen molar-refractivity contribution in [2.24, 2.45) is 0 Å². The molecule has 0 amide bonds. The summed E-state index contributed by atoms with van der Waals surface area (Å²) in [7, 11) is 4.05. The molecule has 3 aromatic rings. The van der Waals surface area contributed by atoms with Gasteiger partial charge in [-0.3, -0.25) is 0 Å². The molecule has 0 N–H and O–H groups in total. The Morgan fingerprint density at radius 1 is 0.933 bits per heavy atom. The van der Waals surface area contributed by atoms with Gasteiger partial charge >= 0.3 is 5.97 Å². The van der Waals surface area contributed by atoms with Crippen molar-refractivity contribution in [2.45, 2.75) is 20.0 Å². The topological polar surface area (TPSA) is 48.0 Å². The number of ether oxygens (including phenoxy) is 3. The first-order chi connectivity index (χ1) is 14.6. The maximum atomic E-state index is 12.5. The van der Waals surface area contributed by atoms with Crippen molar-refractivity contribution in [3.8, 4) is 11.5 Å². The molecular formula is C25H29NO4. The lowest BCUT2D eigenvalue weighted by molar-refractivity contribution is 0.0521. The van der Waals surface area contributed by atoms with Crippen molar-refractivity contribution in [2.75, 3.05) is 33.9 Å². The van der Waals surface area contributed by atoms with Gasteiger partial charge in [-0.05, 0) is 56.6 Å². The molecule has 0 spiro atoms. The summed E-state index contributed by atoms with van der Waals surface area (Å²) < 4.78 is 17.3. The second-order valence-electron chi connectivity index (χ2n) is 7.33. The Hall–Kier alpha value is -3.05. The Labute approximate surface area is 178 Å². The molecule has 5 heteroatoms. The number of rotatable bonds is 10. The number of hydrogen-bond acceptors (Lipinski definition) is 5. The number of carbonyl (C=O) groups excluding carboxylic acids is 1. The van der Waals surface area contributed by atoms with Gasteiger partial charge in [-0.25, -0.2) is 4.79 Å². The lowest BCUT2D eigenvalue weighted by atomic mass is 10.0. The van der Waals surface area contributed by atoms with Gasteiger partial charge in [-0.15, -0.1) is 0 Å². The van der Waals surface area contributed by atoms with Crippen LogP contribution in [0.3, 0.4) is 0 Å². The fourth-order valence-corrected chi connectivity index (χ4v) is 3.19. The highest BCUT2D eigenvalue weighted by atomic mass is 16.5. The zero-order chi connectivity index (χ0) is 21.3. The van der Waals surface area contributed by atoms with Crippen LogP contribution in [-0.4, -0.2) is 44.7 Å². The van der Waals surface area contributed by atoms with E-state index >= 15 is 0 Å². The highest BCUT2D eigenvalue weighted by Gasteiger charge is 2.17. The summed E-state index contributed by atoms with van der Waals surface area (Å²) in [6, 6.07) is 19.6. The third-order valence-corrected chi connectivity index (χ3v) is 4.68. The maximum absolute atomic E-state index is 12.5. The van der Waals surface area contributed by atoms with Crippen molar-refractivity contribution < 1.29 is 19.0 Å². The minimum atomic E-state index is -0.377. The average molecular weight is 408 g/mol. The molecule has 0 aliphatic carbocycles. The maximum Gasteiger partial charge on any atom is 0.341 e. The van der Waals surface area contributed by atoms with Gasteiger partial charge < -0.3 is 19.1 Å². The molecule has 0 aromatic heterocycles. The third kappa shape index (κ3) is 5.74. The number of hydrogen-bond donors (Lipinski definition) is 0. The molecule has 0 bridgehead atoms. The van der Waals surface area contributed by atoms with Crippen LogP contribution in [0.15, 0.2) is 60.7 Å². The van der Waals surface area contributed by atoms with Gasteiger partial charge in [-0.1, -0.05) is 42.5 Å². The zero-order valence-electron chi connectivity index (χ0n) is 17.9. The normalized spacial score (nSPS) is 10.9. The van der Waals surface area contributed by atoms with Crippen molar-refractivity contribution >= 4 is 16.7 Å². The minimum absolute atomic E-state index is 0.317. The van der Waals surface area contributed by atoms with Crippen molar-refractivity contribution in [3.63, 3.8) is 0 Å². The Kier molecular flexibility index (Phi) is 7.69. The van der Waals surface area contributed by atoms with E-state index in [0.717, 1.165) is 35.1 Å². The van der Waals surface area contributed by atoms with Gasteiger partial charge in [0.15, 0.2) is 0 Å². The SMILES string of the molecule is CCOC(=O)c1cc2cccc(OCc3ccccc3)c2cc1OCCCN(C)C. The molecule has 0 saturated heterocycles. The molecule has 0 aliphatic heterocycles. The van der Waals surface area contributed by atoms with Gasteiger partial charge in [0.1, 0.15) is 23.7 Å². The second kappa shape index (κ2) is 10.6. The molecule has 0 unspecified atom stereocenters. The molecule has 0 heterocycles. The van der Waals surface area contributed by atoms with Gasteiger partial charge in [0, 0.05) is 11.9 Å². The van der Waals surface area contributed by atoms with E-state index < -0.39 is 0 Å². The fourth-order valence-electron chi connectivity index (χ4n) is 3.19. The fraction of sp³-hybridized carbons (Fsp3) is 0.320. The van der Waals surface area contributed by atoms with E-state index in [0.29, 0.717) is 31.1 Å². The highest BCUT2D eigenvalue weighted by molar-refractivity contribution is 6.00. The average Bonchev–Trinajstić information content (AvgIpc) is 2.75. The van der Waals surface area contributed by atoms with E-state index in [1.54, 1.807) is 6.92 Å². The first-order valence-corrected chi connectivity index (χ1v) is 10.3. The van der Waals surface area contributed by atoms with Crippen LogP contribution in [-0.2, 0) is 11.3 Å². The molecule has 5 nitrogen and oxygen atoms in total. The summed E-state index contributed by atoms with van der Waals surface area (Å²) in [6.07, 6.45) is 0.861. The van der Waals surface area contributed by atoms with Crippen LogP contribution >= 0.6 is 0 Å². The molecule has 30 heavy (non-hydrogen) atoms. The molecule has 0 fully saturated rings. The van der Waals surface area contributed by atoms with E-state index in [1.165, 1.54) is 0 Å². The summed E-state index contributed by atoms with van der Waals surface area (Å²) in [5.74, 6) is 0.901. The number of esters is 1. The van der Waals surface area contributed by atoms with Crippen LogP contribution in [0.2, 0.25) is 0 Å². The summed E-state index contributed by atoms with van der Waals surface area (Å²) in [4.78, 5) is 14.6. The van der Waals surface area contributed by atoms with Crippen LogP contribution in [0.1, 0.15) is 29.3 Å². The monoisotopic (exact) mass is 407 g/mol. The molecule has 0 aliphatic rings. The lowest BCUT2D eigenvalue weighted by Crippen LogP contribution is -2.16. The van der Waals surface area contributed by atoms with E-state index in [2.05, 4.69) is 4.90 Å². The quantitative estimate of drug-likeness (QED) is 0.352. The predicted octanol–water partition coefficient (Wildman–Crippen LogP) is 4.93. The van der Waals surface area contributed by atoms with Gasteiger partial charge in [0.25, 0.3) is 0 Å². The second-order valence-corrected chi connectivity index (χ2v) is 7.33. The van der Waals surface area contributed by atoms with E-state index in [-0.39, 0.29) is 5.97 Å². The molecule has 3 rings (SSSR count). The van der Waals surface area contributed by atoms with Crippen molar-refractivity contribution in [3.05, 3.63) is 71.8 Å². The van der Waals surface area contributed by atoms with Crippen LogP contribution in [0.4, 0.5) is 0 Å². The molecule has 0 saturated carbocycles. The smallest absolute Gasteiger partial charge is 0.341 e. The molecule has 158 valence electrons. The summed E-state index contributed by atoms with van der Waals surface area (Å²) >= 11 is 0. The molecular weight excluding hydrogens is 378 g/mol. The van der Waals surface area contributed by atoms with Crippen molar-refractivity contribution in [1.82, 2.24) is 4.90 Å². The number of nitrogens with zero attached hydrogens (tertiary/aromatic N) is 1. The standard InChI is InChI=1S/C25H29NO4/c1-4-28-25(27)22-16-20-12-8-13-23(30-18-19-10-6-5-7-11-19)21(20)17-24(22)29-15-9-14-26(2)3/h5-8,10-13,16-17H,4,9,14-15,18H2,1-3H3. The first kappa shape index (κ1) is 21.7. The van der Waals surface area contributed by atoms with Gasteiger partial charge in [0.05, 0.1) is 13.2 Å². The van der Waals surface area contributed by atoms with Crippen LogP contribution in [0.5, 0.6) is 11.5 Å². The van der Waals surface area contributed by atoms with Crippen LogP contribution < -0.4 is 9.47 Å². The largest absolute Gasteiger partial charge is 0.493 e. The van der Waals surface area contributed by atoms with E-state index in [9.17, 15) is 4.79 Å². The Balaban J connectivity index is 1.89. The number of fused-ring (bicyclic) bond motifs is 1. The lowest BCUT2D eigenvalue weighted by Gasteiger charge is -2.15. The number of benzene rings is 3. The molecule has 0 atom stereocenters. The summed E-state index contributed by atoms with van der Waals surface area (Å²) in [5, 5.41) is 1.81. The van der Waals surface area contributed by atoms with E-state index in [4.69, 9.17) is 14.2 Å². The molecule has 0 radical (unpaired) electrons. The Morgan fingerprint density at radius 2 is 1.73 bits per heavy atom. The Morgan fingerprint density at radius 3 is 2.47 bits per heavy atom. The Bertz CT molecular complexity index is 970. The van der Waals surface area contributed by atoms with Crippen molar-refractivity contribution in [1.29, 1.82) is 0 Å². The minimum Gasteiger partial charge on any atom is -0.493 e. The third-order valence-electron chi connectivity index (χ3n) is 4.68. The van der Waals surface area contributed by atoms with Crippen LogP contribution in [0, 0.1) is 0 Å². The van der Waals surface area contributed by atoms with E-state index in [1.807, 2.05) is 74.8 Å². The van der Waals surface area contributed by atoms with Gasteiger partial charge in [0.2, 0.25) is 0 Å². The van der Waals surface area contributed by atoms with Gasteiger partial charge in [-0.2, -0.15) is 0 Å². The van der Waals surface area contributed by atoms with Crippen LogP contribution in [0.25, 0.3) is 10.8 Å². The predicted molar refractivity (Wildman–Crippen MR) is 119 cm³/mol. The number of carbonyl (C=O) groups is 1. The summed E-state index contributed by atoms with van der Waals surface area (Å²) in [5.41, 5.74) is 1.53.